The molecule has 0 aliphatic carbocycles. The minimum absolute atomic E-state index is 0.144. The standard InChI is InChI=1S/C23H20ClN5O2/c1-15-11-20-14-19(8-10-28(20)27-15)29(16(2)30)22-13-18(7-9-25-22)26-23(31)12-17-5-3-4-6-21(17)24/h3-11,13-14H,12H2,1-2H3,(H,25,26,31). The normalized spacial score (nSPS) is 10.8. The maximum atomic E-state index is 12.5. The molecule has 7 nitrogen and oxygen atoms in total. The number of aryl methyl sites for hydroxylation is 1. The second-order valence-corrected chi connectivity index (χ2v) is 7.52. The van der Waals surface area contributed by atoms with Gasteiger partial charge < -0.3 is 5.32 Å². The van der Waals surface area contributed by atoms with Crippen LogP contribution in [0.25, 0.3) is 5.52 Å². The summed E-state index contributed by atoms with van der Waals surface area (Å²) < 4.78 is 1.75. The van der Waals surface area contributed by atoms with E-state index >= 15 is 0 Å². The number of hydrogen-bond acceptors (Lipinski definition) is 4. The molecule has 0 fully saturated rings. The van der Waals surface area contributed by atoms with Crippen molar-refractivity contribution >= 4 is 46.1 Å². The van der Waals surface area contributed by atoms with E-state index in [1.165, 1.54) is 11.8 Å². The summed E-state index contributed by atoms with van der Waals surface area (Å²) in [6.45, 7) is 3.38. The Morgan fingerprint density at radius 3 is 2.71 bits per heavy atom. The highest BCUT2D eigenvalue weighted by molar-refractivity contribution is 6.31. The number of amides is 2. The van der Waals surface area contributed by atoms with Crippen LogP contribution in [0.1, 0.15) is 18.2 Å². The van der Waals surface area contributed by atoms with Gasteiger partial charge in [0, 0.05) is 36.1 Å². The molecule has 3 aromatic heterocycles. The Bertz CT molecular complexity index is 1280. The van der Waals surface area contributed by atoms with Crippen LogP contribution in [0.3, 0.4) is 0 Å². The van der Waals surface area contributed by atoms with Crippen LogP contribution in [0.4, 0.5) is 17.2 Å². The van der Waals surface area contributed by atoms with Gasteiger partial charge in [0.1, 0.15) is 5.82 Å². The highest BCUT2D eigenvalue weighted by Gasteiger charge is 2.17. The lowest BCUT2D eigenvalue weighted by Gasteiger charge is -2.21. The van der Waals surface area contributed by atoms with Crippen molar-refractivity contribution in [2.75, 3.05) is 10.2 Å². The van der Waals surface area contributed by atoms with Crippen LogP contribution in [0.15, 0.2) is 67.0 Å². The van der Waals surface area contributed by atoms with Crippen LogP contribution < -0.4 is 10.2 Å². The summed E-state index contributed by atoms with van der Waals surface area (Å²) in [5.74, 6) is -0.00737. The number of carbonyl (C=O) groups is 2. The van der Waals surface area contributed by atoms with Crippen molar-refractivity contribution in [3.8, 4) is 0 Å². The van der Waals surface area contributed by atoms with Gasteiger partial charge in [0.25, 0.3) is 0 Å². The minimum atomic E-state index is -0.212. The quantitative estimate of drug-likeness (QED) is 0.500. The zero-order chi connectivity index (χ0) is 22.0. The summed E-state index contributed by atoms with van der Waals surface area (Å²) in [6, 6.07) is 16.1. The van der Waals surface area contributed by atoms with E-state index in [0.717, 1.165) is 16.8 Å². The number of anilines is 3. The Morgan fingerprint density at radius 2 is 1.94 bits per heavy atom. The fraction of sp³-hybridized carbons (Fsp3) is 0.130. The summed E-state index contributed by atoms with van der Waals surface area (Å²) in [7, 11) is 0. The van der Waals surface area contributed by atoms with Crippen molar-refractivity contribution in [2.45, 2.75) is 20.3 Å². The van der Waals surface area contributed by atoms with E-state index < -0.39 is 0 Å². The molecule has 3 heterocycles. The number of hydrogen-bond donors (Lipinski definition) is 1. The van der Waals surface area contributed by atoms with Gasteiger partial charge in [0.15, 0.2) is 0 Å². The van der Waals surface area contributed by atoms with Crippen molar-refractivity contribution in [3.05, 3.63) is 83.3 Å². The number of nitrogens with zero attached hydrogens (tertiary/aromatic N) is 4. The van der Waals surface area contributed by atoms with Crippen molar-refractivity contribution in [3.63, 3.8) is 0 Å². The number of fused-ring (bicyclic) bond motifs is 1. The Kier molecular flexibility index (Phi) is 5.68. The van der Waals surface area contributed by atoms with Crippen LogP contribution in [0.2, 0.25) is 5.02 Å². The second kappa shape index (κ2) is 8.57. The number of benzene rings is 1. The number of nitrogens with one attached hydrogen (secondary N) is 1. The first-order valence-electron chi connectivity index (χ1n) is 9.67. The molecule has 8 heteroatoms. The van der Waals surface area contributed by atoms with Gasteiger partial charge in [-0.25, -0.2) is 9.50 Å². The molecule has 0 atom stereocenters. The molecule has 0 unspecified atom stereocenters. The highest BCUT2D eigenvalue weighted by atomic mass is 35.5. The number of rotatable bonds is 5. The molecule has 2 amide bonds. The summed E-state index contributed by atoms with van der Waals surface area (Å²) >= 11 is 6.14. The number of aromatic nitrogens is 3. The molecule has 4 rings (SSSR count). The molecule has 0 spiro atoms. The van der Waals surface area contributed by atoms with Gasteiger partial charge in [-0.2, -0.15) is 5.10 Å². The molecule has 0 aliphatic rings. The fourth-order valence-corrected chi connectivity index (χ4v) is 3.57. The van der Waals surface area contributed by atoms with Crippen molar-refractivity contribution in [1.82, 2.24) is 14.6 Å². The molecule has 0 bridgehead atoms. The third-order valence-electron chi connectivity index (χ3n) is 4.71. The monoisotopic (exact) mass is 433 g/mol. The Hall–Kier alpha value is -3.71. The fourth-order valence-electron chi connectivity index (χ4n) is 3.36. The molecule has 31 heavy (non-hydrogen) atoms. The Labute approximate surface area is 184 Å². The SMILES string of the molecule is CC(=O)N(c1ccn2nc(C)cc2c1)c1cc(NC(=O)Cc2ccccc2Cl)ccn1. The molecule has 0 saturated heterocycles. The molecule has 0 aliphatic heterocycles. The van der Waals surface area contributed by atoms with E-state index in [4.69, 9.17) is 11.6 Å². The van der Waals surface area contributed by atoms with Gasteiger partial charge in [-0.15, -0.1) is 0 Å². The first kappa shape index (κ1) is 20.6. The van der Waals surface area contributed by atoms with E-state index in [0.29, 0.717) is 22.2 Å². The molecule has 1 N–H and O–H groups in total. The minimum Gasteiger partial charge on any atom is -0.326 e. The van der Waals surface area contributed by atoms with E-state index in [2.05, 4.69) is 15.4 Å². The van der Waals surface area contributed by atoms with Crippen LogP contribution in [0, 0.1) is 6.92 Å². The lowest BCUT2D eigenvalue weighted by Crippen LogP contribution is -2.24. The van der Waals surface area contributed by atoms with Gasteiger partial charge in [-0.05, 0) is 42.8 Å². The molecule has 0 saturated carbocycles. The lowest BCUT2D eigenvalue weighted by molar-refractivity contribution is -0.116. The predicted molar refractivity (Wildman–Crippen MR) is 121 cm³/mol. The summed E-state index contributed by atoms with van der Waals surface area (Å²) in [4.78, 5) is 30.8. The van der Waals surface area contributed by atoms with E-state index in [-0.39, 0.29) is 18.2 Å². The van der Waals surface area contributed by atoms with E-state index in [1.807, 2.05) is 37.3 Å². The lowest BCUT2D eigenvalue weighted by atomic mass is 10.1. The molecule has 4 aromatic rings. The van der Waals surface area contributed by atoms with Gasteiger partial charge >= 0.3 is 0 Å². The zero-order valence-electron chi connectivity index (χ0n) is 17.0. The number of halogens is 1. The summed E-state index contributed by atoms with van der Waals surface area (Å²) in [5, 5.41) is 7.75. The summed E-state index contributed by atoms with van der Waals surface area (Å²) in [5.41, 5.74) is 3.69. The van der Waals surface area contributed by atoms with Gasteiger partial charge in [0.05, 0.1) is 23.3 Å². The maximum Gasteiger partial charge on any atom is 0.229 e. The molecule has 0 radical (unpaired) electrons. The number of carbonyl (C=O) groups excluding carboxylic acids is 2. The van der Waals surface area contributed by atoms with E-state index in [1.54, 1.807) is 41.2 Å². The van der Waals surface area contributed by atoms with Crippen LogP contribution in [0.5, 0.6) is 0 Å². The first-order valence-corrected chi connectivity index (χ1v) is 10.0. The third-order valence-corrected chi connectivity index (χ3v) is 5.08. The Balaban J connectivity index is 1.59. The van der Waals surface area contributed by atoms with Crippen molar-refractivity contribution in [1.29, 1.82) is 0 Å². The van der Waals surface area contributed by atoms with E-state index in [9.17, 15) is 9.59 Å². The second-order valence-electron chi connectivity index (χ2n) is 7.11. The topological polar surface area (TPSA) is 79.6 Å². The Morgan fingerprint density at radius 1 is 1.13 bits per heavy atom. The van der Waals surface area contributed by atoms with Crippen LogP contribution >= 0.6 is 11.6 Å². The van der Waals surface area contributed by atoms with Crippen LogP contribution in [-0.2, 0) is 16.0 Å². The average Bonchev–Trinajstić information content (AvgIpc) is 3.09. The predicted octanol–water partition coefficient (Wildman–Crippen LogP) is 4.56. The maximum absolute atomic E-state index is 12.5. The van der Waals surface area contributed by atoms with Crippen molar-refractivity contribution < 1.29 is 9.59 Å². The van der Waals surface area contributed by atoms with Crippen molar-refractivity contribution in [2.24, 2.45) is 0 Å². The smallest absolute Gasteiger partial charge is 0.229 e. The zero-order valence-corrected chi connectivity index (χ0v) is 17.8. The van der Waals surface area contributed by atoms with Gasteiger partial charge in [-0.3, -0.25) is 14.5 Å². The largest absolute Gasteiger partial charge is 0.326 e. The van der Waals surface area contributed by atoms with Crippen LogP contribution in [-0.4, -0.2) is 26.4 Å². The average molecular weight is 434 g/mol. The van der Waals surface area contributed by atoms with Gasteiger partial charge in [0.2, 0.25) is 11.8 Å². The third kappa shape index (κ3) is 4.57. The highest BCUT2D eigenvalue weighted by Crippen LogP contribution is 2.27. The molecule has 156 valence electrons. The number of pyridine rings is 2. The first-order chi connectivity index (χ1) is 14.9. The summed E-state index contributed by atoms with van der Waals surface area (Å²) in [6.07, 6.45) is 3.49. The molecular weight excluding hydrogens is 414 g/mol. The molecule has 1 aromatic carbocycles. The molecular formula is C23H20ClN5O2. The van der Waals surface area contributed by atoms with Gasteiger partial charge in [-0.1, -0.05) is 29.8 Å².